The first-order valence-electron chi connectivity index (χ1n) is 6.99. The number of aromatic nitrogens is 1. The zero-order valence-electron chi connectivity index (χ0n) is 12.9. The van der Waals surface area contributed by atoms with Crippen LogP contribution in [0.15, 0.2) is 11.8 Å². The van der Waals surface area contributed by atoms with Crippen LogP contribution in [-0.2, 0) is 16.1 Å². The normalized spacial score (nSPS) is 17.0. The number of carbonyl (C=O) groups excluding carboxylic acids is 1. The second-order valence-electron chi connectivity index (χ2n) is 5.01. The van der Waals surface area contributed by atoms with E-state index in [1.165, 1.54) is 0 Å². The van der Waals surface area contributed by atoms with Crippen molar-refractivity contribution in [3.05, 3.63) is 28.7 Å². The van der Waals surface area contributed by atoms with Gasteiger partial charge < -0.3 is 14.6 Å². The molecular weight excluding hydrogens is 286 g/mol. The number of likely N-dealkylation sites (N-methyl/N-ethyl adjacent to an activating group) is 1. The molecule has 114 valence electrons. The van der Waals surface area contributed by atoms with Gasteiger partial charge in [-0.1, -0.05) is 0 Å². The maximum atomic E-state index is 12.2. The number of hydrogen-bond donors (Lipinski definition) is 1. The van der Waals surface area contributed by atoms with Crippen molar-refractivity contribution in [3.8, 4) is 0 Å². The summed E-state index contributed by atoms with van der Waals surface area (Å²) in [7, 11) is 1.69. The van der Waals surface area contributed by atoms with Crippen LogP contribution in [0, 0.1) is 13.8 Å². The second-order valence-corrected chi connectivity index (χ2v) is 5.40. The Morgan fingerprint density at radius 2 is 2.14 bits per heavy atom. The summed E-state index contributed by atoms with van der Waals surface area (Å²) < 4.78 is 7.32. The molecule has 0 bridgehead atoms. The SMILES string of the molecule is CCN1C(=O)/C(=C/c2cc(C)n(CCOC)c2C)NC1=S. The molecule has 0 spiro atoms. The van der Waals surface area contributed by atoms with Crippen molar-refractivity contribution in [2.24, 2.45) is 0 Å². The summed E-state index contributed by atoms with van der Waals surface area (Å²) in [5.41, 5.74) is 3.83. The minimum Gasteiger partial charge on any atom is -0.383 e. The fourth-order valence-electron chi connectivity index (χ4n) is 2.51. The number of rotatable bonds is 5. The second kappa shape index (κ2) is 6.41. The molecule has 1 aliphatic heterocycles. The van der Waals surface area contributed by atoms with Crippen LogP contribution in [-0.4, -0.2) is 40.7 Å². The molecule has 2 heterocycles. The van der Waals surface area contributed by atoms with E-state index >= 15 is 0 Å². The topological polar surface area (TPSA) is 46.5 Å². The molecule has 1 aliphatic rings. The zero-order valence-corrected chi connectivity index (χ0v) is 13.7. The third kappa shape index (κ3) is 3.01. The number of carbonyl (C=O) groups is 1. The third-order valence-corrected chi connectivity index (χ3v) is 4.03. The summed E-state index contributed by atoms with van der Waals surface area (Å²) in [6.45, 7) is 8.05. The quantitative estimate of drug-likeness (QED) is 0.666. The van der Waals surface area contributed by atoms with Crippen molar-refractivity contribution < 1.29 is 9.53 Å². The van der Waals surface area contributed by atoms with Gasteiger partial charge in [-0.3, -0.25) is 9.69 Å². The number of hydrogen-bond acceptors (Lipinski definition) is 3. The van der Waals surface area contributed by atoms with E-state index in [9.17, 15) is 4.79 Å². The number of methoxy groups -OCH3 is 1. The molecule has 0 atom stereocenters. The van der Waals surface area contributed by atoms with Gasteiger partial charge in [0.2, 0.25) is 0 Å². The number of nitrogens with one attached hydrogen (secondary N) is 1. The molecule has 0 radical (unpaired) electrons. The van der Waals surface area contributed by atoms with E-state index in [1.54, 1.807) is 12.0 Å². The van der Waals surface area contributed by atoms with E-state index in [4.69, 9.17) is 17.0 Å². The van der Waals surface area contributed by atoms with Crippen LogP contribution in [0.4, 0.5) is 0 Å². The van der Waals surface area contributed by atoms with E-state index in [1.807, 2.05) is 19.9 Å². The average molecular weight is 307 g/mol. The molecule has 0 saturated carbocycles. The predicted molar refractivity (Wildman–Crippen MR) is 86.9 cm³/mol. The molecule has 0 aromatic carbocycles. The van der Waals surface area contributed by atoms with E-state index < -0.39 is 0 Å². The van der Waals surface area contributed by atoms with Gasteiger partial charge in [0.05, 0.1) is 6.61 Å². The standard InChI is InChI=1S/C15H21N3O2S/c1-5-17-14(19)13(16-15(17)21)9-12-8-10(2)18(11(12)3)6-7-20-4/h8-9H,5-7H2,1-4H3,(H,16,21)/b13-9-. The van der Waals surface area contributed by atoms with E-state index in [0.29, 0.717) is 24.0 Å². The Kier molecular flexibility index (Phi) is 4.80. The molecule has 21 heavy (non-hydrogen) atoms. The molecule has 1 fully saturated rings. The summed E-state index contributed by atoms with van der Waals surface area (Å²) in [6.07, 6.45) is 1.87. The molecule has 1 amide bonds. The monoisotopic (exact) mass is 307 g/mol. The van der Waals surface area contributed by atoms with Crippen LogP contribution in [0.3, 0.4) is 0 Å². The van der Waals surface area contributed by atoms with Crippen molar-refractivity contribution >= 4 is 29.3 Å². The summed E-state index contributed by atoms with van der Waals surface area (Å²) in [5.74, 6) is -0.0656. The summed E-state index contributed by atoms with van der Waals surface area (Å²) in [4.78, 5) is 13.8. The molecule has 1 saturated heterocycles. The zero-order chi connectivity index (χ0) is 15.6. The van der Waals surface area contributed by atoms with Crippen molar-refractivity contribution in [2.75, 3.05) is 20.3 Å². The third-order valence-electron chi connectivity index (χ3n) is 3.71. The Morgan fingerprint density at radius 3 is 2.71 bits per heavy atom. The number of ether oxygens (including phenoxy) is 1. The minimum absolute atomic E-state index is 0.0656. The largest absolute Gasteiger partial charge is 0.383 e. The molecule has 1 aromatic heterocycles. The smallest absolute Gasteiger partial charge is 0.276 e. The van der Waals surface area contributed by atoms with Gasteiger partial charge in [0.15, 0.2) is 5.11 Å². The first-order chi connectivity index (χ1) is 9.99. The predicted octanol–water partition coefficient (Wildman–Crippen LogP) is 1.83. The Bertz CT molecular complexity index is 604. The van der Waals surface area contributed by atoms with Crippen LogP contribution in [0.25, 0.3) is 6.08 Å². The van der Waals surface area contributed by atoms with E-state index in [-0.39, 0.29) is 5.91 Å². The van der Waals surface area contributed by atoms with Crippen LogP contribution < -0.4 is 5.32 Å². The minimum atomic E-state index is -0.0656. The van der Waals surface area contributed by atoms with Crippen molar-refractivity contribution in [3.63, 3.8) is 0 Å². The average Bonchev–Trinajstić information content (AvgIpc) is 2.86. The van der Waals surface area contributed by atoms with Gasteiger partial charge in [-0.15, -0.1) is 0 Å². The summed E-state index contributed by atoms with van der Waals surface area (Å²) >= 11 is 5.16. The fourth-order valence-corrected chi connectivity index (χ4v) is 2.84. The summed E-state index contributed by atoms with van der Waals surface area (Å²) in [6, 6.07) is 2.07. The van der Waals surface area contributed by atoms with Gasteiger partial charge >= 0.3 is 0 Å². The molecule has 5 nitrogen and oxygen atoms in total. The number of amides is 1. The van der Waals surface area contributed by atoms with Crippen molar-refractivity contribution in [1.29, 1.82) is 0 Å². The first-order valence-corrected chi connectivity index (χ1v) is 7.40. The maximum Gasteiger partial charge on any atom is 0.276 e. The highest BCUT2D eigenvalue weighted by molar-refractivity contribution is 7.80. The van der Waals surface area contributed by atoms with Crippen LogP contribution in [0.1, 0.15) is 23.9 Å². The first kappa shape index (κ1) is 15.7. The molecule has 1 aromatic rings. The highest BCUT2D eigenvalue weighted by Crippen LogP contribution is 2.20. The maximum absolute atomic E-state index is 12.2. The lowest BCUT2D eigenvalue weighted by atomic mass is 10.2. The molecule has 6 heteroatoms. The van der Waals surface area contributed by atoms with E-state index in [0.717, 1.165) is 23.5 Å². The number of aryl methyl sites for hydroxylation is 1. The van der Waals surface area contributed by atoms with Crippen LogP contribution in [0.2, 0.25) is 0 Å². The van der Waals surface area contributed by atoms with Gasteiger partial charge in [-0.05, 0) is 50.7 Å². The number of thiocarbonyl (C=S) groups is 1. The Labute approximate surface area is 130 Å². The summed E-state index contributed by atoms with van der Waals surface area (Å²) in [5, 5.41) is 3.46. The molecule has 1 N–H and O–H groups in total. The van der Waals surface area contributed by atoms with Crippen LogP contribution in [0.5, 0.6) is 0 Å². The Morgan fingerprint density at radius 1 is 1.43 bits per heavy atom. The Hall–Kier alpha value is -1.66. The van der Waals surface area contributed by atoms with E-state index in [2.05, 4.69) is 22.9 Å². The molecular formula is C15H21N3O2S. The van der Waals surface area contributed by atoms with Crippen LogP contribution >= 0.6 is 12.2 Å². The van der Waals surface area contributed by atoms with Gasteiger partial charge in [0, 0.05) is 31.6 Å². The lowest BCUT2D eigenvalue weighted by Crippen LogP contribution is -2.30. The number of nitrogens with zero attached hydrogens (tertiary/aromatic N) is 2. The highest BCUT2D eigenvalue weighted by Gasteiger charge is 2.29. The van der Waals surface area contributed by atoms with Gasteiger partial charge in [0.25, 0.3) is 5.91 Å². The van der Waals surface area contributed by atoms with Gasteiger partial charge in [0.1, 0.15) is 5.70 Å². The lowest BCUT2D eigenvalue weighted by molar-refractivity contribution is -0.122. The lowest BCUT2D eigenvalue weighted by Gasteiger charge is -2.09. The van der Waals surface area contributed by atoms with Crippen molar-refractivity contribution in [1.82, 2.24) is 14.8 Å². The fraction of sp³-hybridized carbons (Fsp3) is 0.467. The van der Waals surface area contributed by atoms with Crippen molar-refractivity contribution in [2.45, 2.75) is 27.3 Å². The molecule has 0 aliphatic carbocycles. The van der Waals surface area contributed by atoms with Gasteiger partial charge in [-0.25, -0.2) is 0 Å². The molecule has 2 rings (SSSR count). The molecule has 0 unspecified atom stereocenters. The van der Waals surface area contributed by atoms with Gasteiger partial charge in [-0.2, -0.15) is 0 Å². The highest BCUT2D eigenvalue weighted by atomic mass is 32.1. The Balaban J connectivity index is 2.30.